The lowest BCUT2D eigenvalue weighted by Crippen LogP contribution is -2.11. The molecule has 0 radical (unpaired) electrons. The van der Waals surface area contributed by atoms with Gasteiger partial charge in [0, 0.05) is 38.4 Å². The molecule has 2 aromatic heterocycles. The first kappa shape index (κ1) is 11.1. The Morgan fingerprint density at radius 2 is 2.20 bits per heavy atom. The molecule has 0 aliphatic heterocycles. The van der Waals surface area contributed by atoms with E-state index in [1.807, 2.05) is 11.4 Å². The fourth-order valence-electron chi connectivity index (χ4n) is 1.24. The zero-order chi connectivity index (χ0) is 10.7. The molecule has 0 saturated heterocycles. The van der Waals surface area contributed by atoms with Crippen LogP contribution in [0, 0.1) is 0 Å². The number of rotatable bonds is 4. The highest BCUT2D eigenvalue weighted by Gasteiger charge is 2.01. The van der Waals surface area contributed by atoms with Crippen LogP contribution in [0.25, 0.3) is 0 Å². The van der Waals surface area contributed by atoms with Gasteiger partial charge >= 0.3 is 0 Å². The predicted octanol–water partition coefficient (Wildman–Crippen LogP) is 3.44. The molecule has 0 aromatic carbocycles. The fourth-order valence-corrected chi connectivity index (χ4v) is 3.43. The van der Waals surface area contributed by atoms with Crippen molar-refractivity contribution in [1.82, 2.24) is 5.32 Å². The molecular weight excluding hydrogens is 292 g/mol. The normalized spacial score (nSPS) is 10.7. The molecule has 0 aliphatic carbocycles. The van der Waals surface area contributed by atoms with Crippen molar-refractivity contribution in [3.05, 3.63) is 37.1 Å². The lowest BCUT2D eigenvalue weighted by Gasteiger charge is -2.01. The topological polar surface area (TPSA) is 38.0 Å². The van der Waals surface area contributed by atoms with Crippen molar-refractivity contribution in [3.8, 4) is 0 Å². The van der Waals surface area contributed by atoms with Gasteiger partial charge in [0.05, 0.1) is 0 Å². The Hall–Kier alpha value is -0.360. The fraction of sp³-hybridized carbons (Fsp3) is 0.200. The average molecular weight is 303 g/mol. The molecule has 80 valence electrons. The summed E-state index contributed by atoms with van der Waals surface area (Å²) >= 11 is 6.89. The van der Waals surface area contributed by atoms with Crippen LogP contribution in [0.1, 0.15) is 9.75 Å². The minimum absolute atomic E-state index is 0.846. The molecule has 0 spiro atoms. The lowest BCUT2D eigenvalue weighted by molar-refractivity contribution is 0.710. The van der Waals surface area contributed by atoms with Gasteiger partial charge in [0.25, 0.3) is 0 Å². The van der Waals surface area contributed by atoms with Gasteiger partial charge in [-0.3, -0.25) is 0 Å². The van der Waals surface area contributed by atoms with Gasteiger partial charge in [-0.15, -0.1) is 22.7 Å². The predicted molar refractivity (Wildman–Crippen MR) is 71.3 cm³/mol. The van der Waals surface area contributed by atoms with Crippen molar-refractivity contribution < 1.29 is 0 Å². The molecule has 0 amide bonds. The zero-order valence-corrected chi connectivity index (χ0v) is 11.2. The molecule has 0 saturated carbocycles. The highest BCUT2D eigenvalue weighted by Crippen LogP contribution is 2.21. The maximum atomic E-state index is 5.79. The molecule has 2 rings (SSSR count). The Morgan fingerprint density at radius 3 is 2.80 bits per heavy atom. The second kappa shape index (κ2) is 5.12. The number of nitrogen functional groups attached to an aromatic ring is 1. The Labute approximate surface area is 105 Å². The first-order chi connectivity index (χ1) is 7.25. The van der Waals surface area contributed by atoms with Gasteiger partial charge < -0.3 is 11.1 Å². The van der Waals surface area contributed by atoms with E-state index in [0.29, 0.717) is 0 Å². The molecule has 15 heavy (non-hydrogen) atoms. The summed E-state index contributed by atoms with van der Waals surface area (Å²) < 4.78 is 1.15. The van der Waals surface area contributed by atoms with E-state index in [0.717, 1.165) is 23.2 Å². The largest absolute Gasteiger partial charge is 0.398 e. The number of hydrogen-bond acceptors (Lipinski definition) is 4. The Balaban J connectivity index is 1.83. The van der Waals surface area contributed by atoms with Crippen molar-refractivity contribution in [3.63, 3.8) is 0 Å². The van der Waals surface area contributed by atoms with E-state index < -0.39 is 0 Å². The molecule has 5 heteroatoms. The van der Waals surface area contributed by atoms with Gasteiger partial charge in [-0.2, -0.15) is 0 Å². The summed E-state index contributed by atoms with van der Waals surface area (Å²) in [6.45, 7) is 1.74. The number of thiophene rings is 2. The minimum atomic E-state index is 0.846. The smallest absolute Gasteiger partial charge is 0.0468 e. The van der Waals surface area contributed by atoms with E-state index in [-0.39, 0.29) is 0 Å². The standard InChI is InChI=1S/C10H11BrN2S2/c11-7-3-8(15-6-7)4-13-5-10-9(12)1-2-14-10/h1-3,6,13H,4-5,12H2. The molecule has 2 aromatic rings. The van der Waals surface area contributed by atoms with E-state index in [9.17, 15) is 0 Å². The summed E-state index contributed by atoms with van der Waals surface area (Å²) in [6.07, 6.45) is 0. The summed E-state index contributed by atoms with van der Waals surface area (Å²) in [6, 6.07) is 4.08. The van der Waals surface area contributed by atoms with Crippen LogP contribution < -0.4 is 11.1 Å². The van der Waals surface area contributed by atoms with E-state index >= 15 is 0 Å². The molecule has 0 atom stereocenters. The van der Waals surface area contributed by atoms with Crippen LogP contribution in [-0.2, 0) is 13.1 Å². The first-order valence-electron chi connectivity index (χ1n) is 4.51. The molecule has 3 N–H and O–H groups in total. The molecule has 0 aliphatic rings. The highest BCUT2D eigenvalue weighted by molar-refractivity contribution is 9.10. The zero-order valence-electron chi connectivity index (χ0n) is 8.00. The van der Waals surface area contributed by atoms with Gasteiger partial charge in [0.2, 0.25) is 0 Å². The van der Waals surface area contributed by atoms with Crippen LogP contribution in [0.15, 0.2) is 27.4 Å². The third-order valence-corrected chi connectivity index (χ3v) is 4.62. The minimum Gasteiger partial charge on any atom is -0.398 e. The summed E-state index contributed by atoms with van der Waals surface area (Å²) in [7, 11) is 0. The number of hydrogen-bond donors (Lipinski definition) is 2. The number of halogens is 1. The van der Waals surface area contributed by atoms with Crippen LogP contribution in [0.4, 0.5) is 5.69 Å². The maximum absolute atomic E-state index is 5.79. The second-order valence-corrected chi connectivity index (χ2v) is 6.05. The van der Waals surface area contributed by atoms with Gasteiger partial charge in [-0.05, 0) is 33.4 Å². The van der Waals surface area contributed by atoms with Crippen molar-refractivity contribution in [2.45, 2.75) is 13.1 Å². The van der Waals surface area contributed by atoms with Gasteiger partial charge in [-0.1, -0.05) is 0 Å². The van der Waals surface area contributed by atoms with Crippen LogP contribution in [0.5, 0.6) is 0 Å². The summed E-state index contributed by atoms with van der Waals surface area (Å²) in [5, 5.41) is 7.49. The van der Waals surface area contributed by atoms with Crippen LogP contribution >= 0.6 is 38.6 Å². The van der Waals surface area contributed by atoms with E-state index in [1.54, 1.807) is 22.7 Å². The molecule has 0 bridgehead atoms. The number of nitrogens with one attached hydrogen (secondary N) is 1. The Morgan fingerprint density at radius 1 is 1.33 bits per heavy atom. The van der Waals surface area contributed by atoms with Gasteiger partial charge in [0.1, 0.15) is 0 Å². The van der Waals surface area contributed by atoms with E-state index in [4.69, 9.17) is 5.73 Å². The van der Waals surface area contributed by atoms with E-state index in [2.05, 4.69) is 32.7 Å². The van der Waals surface area contributed by atoms with Crippen molar-refractivity contribution in [1.29, 1.82) is 0 Å². The average Bonchev–Trinajstić information content (AvgIpc) is 2.77. The monoisotopic (exact) mass is 302 g/mol. The van der Waals surface area contributed by atoms with Crippen LogP contribution in [-0.4, -0.2) is 0 Å². The maximum Gasteiger partial charge on any atom is 0.0468 e. The van der Waals surface area contributed by atoms with Gasteiger partial charge in [-0.25, -0.2) is 0 Å². The van der Waals surface area contributed by atoms with Crippen molar-refractivity contribution in [2.24, 2.45) is 0 Å². The summed E-state index contributed by atoms with van der Waals surface area (Å²) in [4.78, 5) is 2.54. The Kier molecular flexibility index (Phi) is 3.80. The number of nitrogens with two attached hydrogens (primary N) is 1. The molecular formula is C10H11BrN2S2. The van der Waals surface area contributed by atoms with Crippen molar-refractivity contribution in [2.75, 3.05) is 5.73 Å². The van der Waals surface area contributed by atoms with Crippen LogP contribution in [0.3, 0.4) is 0 Å². The van der Waals surface area contributed by atoms with E-state index in [1.165, 1.54) is 9.75 Å². The Bertz CT molecular complexity index is 436. The van der Waals surface area contributed by atoms with Crippen molar-refractivity contribution >= 4 is 44.3 Å². The third kappa shape index (κ3) is 3.04. The SMILES string of the molecule is Nc1ccsc1CNCc1cc(Br)cs1. The highest BCUT2D eigenvalue weighted by atomic mass is 79.9. The molecule has 0 unspecified atom stereocenters. The summed E-state index contributed by atoms with van der Waals surface area (Å²) in [5.74, 6) is 0. The third-order valence-electron chi connectivity index (χ3n) is 1.99. The second-order valence-electron chi connectivity index (χ2n) is 3.13. The lowest BCUT2D eigenvalue weighted by atomic mass is 10.4. The van der Waals surface area contributed by atoms with Crippen LogP contribution in [0.2, 0.25) is 0 Å². The first-order valence-corrected chi connectivity index (χ1v) is 7.06. The number of anilines is 1. The van der Waals surface area contributed by atoms with Gasteiger partial charge in [0.15, 0.2) is 0 Å². The molecule has 0 fully saturated rings. The summed E-state index contributed by atoms with van der Waals surface area (Å²) in [5.41, 5.74) is 6.68. The molecule has 2 nitrogen and oxygen atoms in total. The molecule has 2 heterocycles. The quantitative estimate of drug-likeness (QED) is 0.908.